The zero-order valence-electron chi connectivity index (χ0n) is 12.0. The fraction of sp³-hybridized carbons (Fsp3) is 0.923. The summed E-state index contributed by atoms with van der Waals surface area (Å²) in [6, 6.07) is 0. The third kappa shape index (κ3) is 4.54. The Morgan fingerprint density at radius 2 is 1.71 bits per heavy atom. The van der Waals surface area contributed by atoms with Crippen molar-refractivity contribution in [2.75, 3.05) is 32.7 Å². The van der Waals surface area contributed by atoms with Gasteiger partial charge < -0.3 is 10.6 Å². The van der Waals surface area contributed by atoms with Crippen molar-refractivity contribution in [1.29, 1.82) is 0 Å². The van der Waals surface area contributed by atoms with Gasteiger partial charge in [0, 0.05) is 38.3 Å². The minimum absolute atomic E-state index is 0.260. The van der Waals surface area contributed by atoms with Gasteiger partial charge in [0.2, 0.25) is 0 Å². The van der Waals surface area contributed by atoms with Gasteiger partial charge in [-0.15, -0.1) is 0 Å². The van der Waals surface area contributed by atoms with Crippen LogP contribution in [0, 0.1) is 5.92 Å². The monoisotopic (exact) mass is 240 g/mol. The van der Waals surface area contributed by atoms with Gasteiger partial charge in [-0.2, -0.15) is 0 Å². The summed E-state index contributed by atoms with van der Waals surface area (Å²) in [4.78, 5) is 9.13. The van der Waals surface area contributed by atoms with E-state index in [2.05, 4.69) is 49.4 Å². The lowest BCUT2D eigenvalue weighted by Crippen LogP contribution is -2.56. The van der Waals surface area contributed by atoms with Crippen molar-refractivity contribution in [2.24, 2.45) is 16.6 Å². The second-order valence-electron chi connectivity index (χ2n) is 6.24. The maximum Gasteiger partial charge on any atom is 0.191 e. The molecule has 0 aromatic rings. The largest absolute Gasteiger partial charge is 0.370 e. The molecule has 17 heavy (non-hydrogen) atoms. The summed E-state index contributed by atoms with van der Waals surface area (Å²) in [5.74, 6) is 1.29. The highest BCUT2D eigenvalue weighted by Gasteiger charge is 2.26. The van der Waals surface area contributed by atoms with Crippen molar-refractivity contribution in [3.63, 3.8) is 0 Å². The molecule has 0 aromatic heterocycles. The predicted octanol–water partition coefficient (Wildman–Crippen LogP) is 1.37. The normalized spacial score (nSPS) is 20.1. The van der Waals surface area contributed by atoms with Gasteiger partial charge in [0.1, 0.15) is 0 Å². The zero-order chi connectivity index (χ0) is 13.1. The molecule has 1 saturated heterocycles. The topological polar surface area (TPSA) is 44.9 Å². The molecule has 0 atom stereocenters. The SMILES string of the molecule is CC(C)CN=C(N)N1CCN(C(C)(C)C)CC1. The maximum absolute atomic E-state index is 6.01. The van der Waals surface area contributed by atoms with Crippen LogP contribution >= 0.6 is 0 Å². The summed E-state index contributed by atoms with van der Waals surface area (Å²) < 4.78 is 0. The van der Waals surface area contributed by atoms with Crippen molar-refractivity contribution in [1.82, 2.24) is 9.80 Å². The van der Waals surface area contributed by atoms with E-state index >= 15 is 0 Å². The molecule has 2 N–H and O–H groups in total. The van der Waals surface area contributed by atoms with Gasteiger partial charge in [-0.3, -0.25) is 9.89 Å². The van der Waals surface area contributed by atoms with Crippen molar-refractivity contribution in [3.8, 4) is 0 Å². The fourth-order valence-corrected chi connectivity index (χ4v) is 1.98. The van der Waals surface area contributed by atoms with E-state index in [-0.39, 0.29) is 5.54 Å². The molecule has 4 heteroatoms. The van der Waals surface area contributed by atoms with Gasteiger partial charge in [0.05, 0.1) is 0 Å². The smallest absolute Gasteiger partial charge is 0.191 e. The summed E-state index contributed by atoms with van der Waals surface area (Å²) in [6.45, 7) is 16.1. The number of aliphatic imine (C=N–C) groups is 1. The van der Waals surface area contributed by atoms with Gasteiger partial charge in [0.25, 0.3) is 0 Å². The van der Waals surface area contributed by atoms with Crippen molar-refractivity contribution < 1.29 is 0 Å². The average Bonchev–Trinajstić information content (AvgIpc) is 2.25. The number of piperazine rings is 1. The van der Waals surface area contributed by atoms with Crippen LogP contribution in [0.15, 0.2) is 4.99 Å². The van der Waals surface area contributed by atoms with E-state index in [1.807, 2.05) is 0 Å². The van der Waals surface area contributed by atoms with E-state index in [0.717, 1.165) is 32.7 Å². The summed E-state index contributed by atoms with van der Waals surface area (Å²) in [5, 5.41) is 0. The first-order valence-electron chi connectivity index (χ1n) is 6.60. The van der Waals surface area contributed by atoms with E-state index in [9.17, 15) is 0 Å². The first-order valence-corrected chi connectivity index (χ1v) is 6.60. The van der Waals surface area contributed by atoms with Gasteiger partial charge in [0.15, 0.2) is 5.96 Å². The highest BCUT2D eigenvalue weighted by atomic mass is 15.3. The Morgan fingerprint density at radius 3 is 2.12 bits per heavy atom. The maximum atomic E-state index is 6.01. The minimum atomic E-state index is 0.260. The quantitative estimate of drug-likeness (QED) is 0.586. The highest BCUT2D eigenvalue weighted by Crippen LogP contribution is 2.15. The molecule has 1 aliphatic heterocycles. The molecule has 0 amide bonds. The van der Waals surface area contributed by atoms with E-state index in [1.54, 1.807) is 0 Å². The van der Waals surface area contributed by atoms with Crippen molar-refractivity contribution in [2.45, 2.75) is 40.2 Å². The molecule has 1 fully saturated rings. The Morgan fingerprint density at radius 1 is 1.18 bits per heavy atom. The van der Waals surface area contributed by atoms with Crippen molar-refractivity contribution in [3.05, 3.63) is 0 Å². The molecule has 1 rings (SSSR count). The van der Waals surface area contributed by atoms with Crippen LogP contribution in [0.1, 0.15) is 34.6 Å². The third-order valence-electron chi connectivity index (χ3n) is 3.17. The van der Waals surface area contributed by atoms with Gasteiger partial charge in [-0.05, 0) is 26.7 Å². The van der Waals surface area contributed by atoms with Crippen molar-refractivity contribution >= 4 is 5.96 Å². The third-order valence-corrected chi connectivity index (χ3v) is 3.17. The second kappa shape index (κ2) is 5.71. The van der Waals surface area contributed by atoms with Crippen LogP contribution in [-0.4, -0.2) is 54.0 Å². The Kier molecular flexibility index (Phi) is 4.80. The Labute approximate surface area is 106 Å². The molecule has 0 bridgehead atoms. The molecular weight excluding hydrogens is 212 g/mol. The van der Waals surface area contributed by atoms with Crippen LogP contribution in [0.3, 0.4) is 0 Å². The molecule has 1 aliphatic rings. The Bertz CT molecular complexity index is 257. The molecule has 0 aliphatic carbocycles. The molecule has 4 nitrogen and oxygen atoms in total. The molecule has 0 aromatic carbocycles. The summed E-state index contributed by atoms with van der Waals surface area (Å²) in [7, 11) is 0. The van der Waals surface area contributed by atoms with Gasteiger partial charge >= 0.3 is 0 Å². The first-order chi connectivity index (χ1) is 7.80. The van der Waals surface area contributed by atoms with Crippen LogP contribution in [-0.2, 0) is 0 Å². The van der Waals surface area contributed by atoms with Crippen LogP contribution < -0.4 is 5.73 Å². The average molecular weight is 240 g/mol. The number of hydrogen-bond acceptors (Lipinski definition) is 2. The number of nitrogens with zero attached hydrogens (tertiary/aromatic N) is 3. The van der Waals surface area contributed by atoms with Gasteiger partial charge in [-0.1, -0.05) is 13.8 Å². The van der Waals surface area contributed by atoms with Crippen LogP contribution in [0.25, 0.3) is 0 Å². The van der Waals surface area contributed by atoms with Crippen LogP contribution in [0.5, 0.6) is 0 Å². The Hall–Kier alpha value is -0.770. The predicted molar refractivity (Wildman–Crippen MR) is 74.2 cm³/mol. The Balaban J connectivity index is 2.44. The lowest BCUT2D eigenvalue weighted by Gasteiger charge is -2.42. The standard InChI is InChI=1S/C13H28N4/c1-11(2)10-15-12(14)16-6-8-17(9-7-16)13(3,4)5/h11H,6-10H2,1-5H3,(H2,14,15). The molecule has 0 spiro atoms. The molecule has 1 heterocycles. The minimum Gasteiger partial charge on any atom is -0.370 e. The number of rotatable bonds is 2. The number of nitrogens with two attached hydrogens (primary N) is 1. The number of hydrogen-bond donors (Lipinski definition) is 1. The van der Waals surface area contributed by atoms with Gasteiger partial charge in [-0.25, -0.2) is 0 Å². The lowest BCUT2D eigenvalue weighted by molar-refractivity contribution is 0.0878. The van der Waals surface area contributed by atoms with E-state index in [0.29, 0.717) is 11.9 Å². The van der Waals surface area contributed by atoms with Crippen LogP contribution in [0.4, 0.5) is 0 Å². The molecule has 0 radical (unpaired) electrons. The van der Waals surface area contributed by atoms with E-state index in [4.69, 9.17) is 5.73 Å². The van der Waals surface area contributed by atoms with E-state index in [1.165, 1.54) is 0 Å². The first kappa shape index (κ1) is 14.3. The molecule has 0 saturated carbocycles. The summed E-state index contributed by atoms with van der Waals surface area (Å²) in [5.41, 5.74) is 6.27. The summed E-state index contributed by atoms with van der Waals surface area (Å²) >= 11 is 0. The number of guanidine groups is 1. The highest BCUT2D eigenvalue weighted by molar-refractivity contribution is 5.78. The second-order valence-corrected chi connectivity index (χ2v) is 6.24. The fourth-order valence-electron chi connectivity index (χ4n) is 1.98. The summed E-state index contributed by atoms with van der Waals surface area (Å²) in [6.07, 6.45) is 0. The molecule has 100 valence electrons. The lowest BCUT2D eigenvalue weighted by atomic mass is 10.1. The van der Waals surface area contributed by atoms with E-state index < -0.39 is 0 Å². The van der Waals surface area contributed by atoms with Crippen LogP contribution in [0.2, 0.25) is 0 Å². The molecule has 0 unspecified atom stereocenters. The molecular formula is C13H28N4. The zero-order valence-corrected chi connectivity index (χ0v) is 12.0.